The van der Waals surface area contributed by atoms with Crippen LogP contribution in [0.25, 0.3) is 0 Å². The Hall–Kier alpha value is -3.71. The first kappa shape index (κ1) is 26.9. The second kappa shape index (κ2) is 11.6. The molecule has 1 fully saturated rings. The fourth-order valence-electron chi connectivity index (χ4n) is 6.08. The minimum Gasteiger partial charge on any atom is -0.508 e. The summed E-state index contributed by atoms with van der Waals surface area (Å²) in [5.74, 6) is 1.12. The number of rotatable bonds is 9. The highest BCUT2D eigenvalue weighted by molar-refractivity contribution is 5.73. The van der Waals surface area contributed by atoms with Crippen LogP contribution in [-0.2, 0) is 10.2 Å². The third-order valence-corrected chi connectivity index (χ3v) is 8.22. The normalized spacial score (nSPS) is 23.0. The van der Waals surface area contributed by atoms with E-state index >= 15 is 0 Å². The van der Waals surface area contributed by atoms with Gasteiger partial charge in [0, 0.05) is 23.0 Å². The first-order chi connectivity index (χ1) is 18.8. The van der Waals surface area contributed by atoms with Crippen LogP contribution in [0.2, 0.25) is 0 Å². The molecule has 39 heavy (non-hydrogen) atoms. The summed E-state index contributed by atoms with van der Waals surface area (Å²) < 4.78 is 12.2. The predicted octanol–water partition coefficient (Wildman–Crippen LogP) is 5.68. The number of nitrogens with zero attached hydrogens (tertiary/aromatic N) is 1. The molecule has 7 heteroatoms. The molecule has 0 saturated carbocycles. The highest BCUT2D eigenvalue weighted by Crippen LogP contribution is 2.50. The molecule has 3 aromatic carbocycles. The third kappa shape index (κ3) is 5.83. The van der Waals surface area contributed by atoms with Crippen LogP contribution in [0, 0.1) is 0 Å². The lowest BCUT2D eigenvalue weighted by Crippen LogP contribution is -2.45. The van der Waals surface area contributed by atoms with E-state index in [1.165, 1.54) is 0 Å². The molecule has 1 saturated heterocycles. The van der Waals surface area contributed by atoms with Gasteiger partial charge in [0.05, 0.1) is 13.2 Å². The maximum Gasteiger partial charge on any atom is 0.320 e. The summed E-state index contributed by atoms with van der Waals surface area (Å²) in [6.07, 6.45) is 4.56. The molecule has 2 heterocycles. The van der Waals surface area contributed by atoms with Crippen LogP contribution < -0.4 is 9.47 Å². The molecule has 0 radical (unpaired) electrons. The molecule has 206 valence electrons. The first-order valence-electron chi connectivity index (χ1n) is 13.8. The highest BCUT2D eigenvalue weighted by Gasteiger charge is 2.43. The molecular formula is C32H37NO6. The van der Waals surface area contributed by atoms with Gasteiger partial charge in [-0.25, -0.2) is 0 Å². The van der Waals surface area contributed by atoms with Gasteiger partial charge in [0.2, 0.25) is 0 Å². The van der Waals surface area contributed by atoms with Crippen molar-refractivity contribution >= 4 is 5.97 Å². The molecule has 0 aromatic heterocycles. The zero-order chi connectivity index (χ0) is 27.4. The summed E-state index contributed by atoms with van der Waals surface area (Å²) in [5.41, 5.74) is 2.77. The van der Waals surface area contributed by atoms with Gasteiger partial charge in [-0.2, -0.15) is 0 Å². The Morgan fingerprint density at radius 1 is 1.00 bits per heavy atom. The highest BCUT2D eigenvalue weighted by atomic mass is 16.5. The summed E-state index contributed by atoms with van der Waals surface area (Å²) in [6, 6.07) is 20.4. The smallest absolute Gasteiger partial charge is 0.320 e. The average Bonchev–Trinajstić information content (AvgIpc) is 2.94. The monoisotopic (exact) mass is 531 g/mol. The Balaban J connectivity index is 1.27. The van der Waals surface area contributed by atoms with Gasteiger partial charge in [-0.1, -0.05) is 43.7 Å². The number of carbonyl (C=O) groups is 1. The summed E-state index contributed by atoms with van der Waals surface area (Å²) in [5, 5.41) is 29.3. The summed E-state index contributed by atoms with van der Waals surface area (Å²) >= 11 is 0. The number of phenolic OH excluding ortho intramolecular Hbond substituents is 2. The van der Waals surface area contributed by atoms with E-state index in [9.17, 15) is 20.1 Å². The van der Waals surface area contributed by atoms with E-state index in [-0.39, 0.29) is 23.5 Å². The number of aromatic hydroxyl groups is 2. The van der Waals surface area contributed by atoms with E-state index in [1.807, 2.05) is 30.3 Å². The second-order valence-corrected chi connectivity index (χ2v) is 10.9. The molecule has 1 unspecified atom stereocenters. The van der Waals surface area contributed by atoms with E-state index in [4.69, 9.17) is 9.47 Å². The molecule has 2 aliphatic heterocycles. The Morgan fingerprint density at radius 3 is 2.49 bits per heavy atom. The van der Waals surface area contributed by atoms with Crippen molar-refractivity contribution in [2.45, 2.75) is 56.4 Å². The molecule has 7 nitrogen and oxygen atoms in total. The molecule has 3 N–H and O–H groups in total. The van der Waals surface area contributed by atoms with E-state index < -0.39 is 11.4 Å². The maximum atomic E-state index is 11.5. The molecule has 0 bridgehead atoms. The van der Waals surface area contributed by atoms with Gasteiger partial charge in [-0.05, 0) is 80.2 Å². The van der Waals surface area contributed by atoms with E-state index in [0.717, 1.165) is 67.6 Å². The van der Waals surface area contributed by atoms with Gasteiger partial charge in [-0.15, -0.1) is 0 Å². The molecule has 0 amide bonds. The number of piperidine rings is 1. The zero-order valence-corrected chi connectivity index (χ0v) is 22.4. The number of phenols is 2. The van der Waals surface area contributed by atoms with Crippen LogP contribution in [0.1, 0.15) is 61.6 Å². The van der Waals surface area contributed by atoms with Crippen LogP contribution in [-0.4, -0.2) is 58.5 Å². The van der Waals surface area contributed by atoms with Gasteiger partial charge in [0.25, 0.3) is 0 Å². The lowest BCUT2D eigenvalue weighted by atomic mass is 9.65. The molecule has 5 rings (SSSR count). The standard InChI is InChI=1S/C32H37NO6/c1-32(23-9-11-24(34)12-10-23)21-39-29-20-25(35)13-16-27(29)30(32)22-7-14-26(15-8-22)38-19-5-4-18-33-17-3-2-6-28(33)31(36)37/h7-16,20,28,30,34-35H,2-6,17-19,21H2,1H3,(H,36,37)/t28?,30-,32-/m1/s1. The van der Waals surface area contributed by atoms with Gasteiger partial charge in [0.15, 0.2) is 0 Å². The van der Waals surface area contributed by atoms with Gasteiger partial charge >= 0.3 is 5.97 Å². The lowest BCUT2D eigenvalue weighted by molar-refractivity contribution is -0.144. The van der Waals surface area contributed by atoms with Crippen molar-refractivity contribution in [2.75, 3.05) is 26.3 Å². The number of hydrogen-bond donors (Lipinski definition) is 3. The summed E-state index contributed by atoms with van der Waals surface area (Å²) in [4.78, 5) is 13.6. The van der Waals surface area contributed by atoms with Crippen molar-refractivity contribution in [2.24, 2.45) is 0 Å². The molecule has 0 aliphatic carbocycles. The molecule has 3 atom stereocenters. The van der Waals surface area contributed by atoms with Crippen molar-refractivity contribution < 1.29 is 29.6 Å². The molecule has 3 aromatic rings. The predicted molar refractivity (Wildman–Crippen MR) is 149 cm³/mol. The molecular weight excluding hydrogens is 494 g/mol. The van der Waals surface area contributed by atoms with Crippen molar-refractivity contribution in [3.63, 3.8) is 0 Å². The quantitative estimate of drug-likeness (QED) is 0.306. The van der Waals surface area contributed by atoms with Gasteiger partial charge in [-0.3, -0.25) is 9.69 Å². The minimum atomic E-state index is -0.712. The number of benzene rings is 3. The molecule has 2 aliphatic rings. The molecule has 0 spiro atoms. The van der Waals surface area contributed by atoms with Crippen LogP contribution in [0.3, 0.4) is 0 Å². The van der Waals surface area contributed by atoms with Crippen LogP contribution in [0.4, 0.5) is 0 Å². The number of likely N-dealkylation sites (tertiary alicyclic amines) is 1. The Morgan fingerprint density at radius 2 is 1.74 bits per heavy atom. The number of carboxylic acids is 1. The number of unbranched alkanes of at least 4 members (excludes halogenated alkanes) is 1. The minimum absolute atomic E-state index is 0.0350. The van der Waals surface area contributed by atoms with Gasteiger partial charge < -0.3 is 24.8 Å². The van der Waals surface area contributed by atoms with E-state index in [2.05, 4.69) is 24.0 Å². The maximum absolute atomic E-state index is 11.5. The first-order valence-corrected chi connectivity index (χ1v) is 13.8. The number of aliphatic carboxylic acids is 1. The summed E-state index contributed by atoms with van der Waals surface area (Å²) in [7, 11) is 0. The van der Waals surface area contributed by atoms with Crippen LogP contribution >= 0.6 is 0 Å². The third-order valence-electron chi connectivity index (χ3n) is 8.22. The largest absolute Gasteiger partial charge is 0.508 e. The van der Waals surface area contributed by atoms with Crippen molar-refractivity contribution in [3.05, 3.63) is 83.4 Å². The fourth-order valence-corrected chi connectivity index (χ4v) is 6.08. The Kier molecular flexibility index (Phi) is 7.98. The summed E-state index contributed by atoms with van der Waals surface area (Å²) in [6.45, 7) is 4.82. The second-order valence-electron chi connectivity index (χ2n) is 10.9. The number of ether oxygens (including phenoxy) is 2. The zero-order valence-electron chi connectivity index (χ0n) is 22.4. The average molecular weight is 532 g/mol. The Bertz CT molecular complexity index is 1270. The van der Waals surface area contributed by atoms with Gasteiger partial charge in [0.1, 0.15) is 29.0 Å². The number of fused-ring (bicyclic) bond motifs is 1. The fraction of sp³-hybridized carbons (Fsp3) is 0.406. The van der Waals surface area contributed by atoms with Crippen molar-refractivity contribution in [1.29, 1.82) is 0 Å². The lowest BCUT2D eigenvalue weighted by Gasteiger charge is -2.43. The van der Waals surface area contributed by atoms with Crippen LogP contribution in [0.5, 0.6) is 23.0 Å². The van der Waals surface area contributed by atoms with Crippen LogP contribution in [0.15, 0.2) is 66.7 Å². The SMILES string of the molecule is C[C@]1(c2ccc(O)cc2)COc2cc(O)ccc2[C@H]1c1ccc(OCCCCN2CCCCC2C(=O)O)cc1. The topological polar surface area (TPSA) is 99.5 Å². The van der Waals surface area contributed by atoms with E-state index in [0.29, 0.717) is 19.0 Å². The number of hydrogen-bond acceptors (Lipinski definition) is 6. The number of carboxylic acid groups (broad SMARTS) is 1. The van der Waals surface area contributed by atoms with Crippen molar-refractivity contribution in [1.82, 2.24) is 4.90 Å². The van der Waals surface area contributed by atoms with Crippen molar-refractivity contribution in [3.8, 4) is 23.0 Å². The Labute approximate surface area is 229 Å². The van der Waals surface area contributed by atoms with E-state index in [1.54, 1.807) is 24.3 Å².